The third-order valence-electron chi connectivity index (χ3n) is 7.92. The first-order valence-corrected chi connectivity index (χ1v) is 14.4. The summed E-state index contributed by atoms with van der Waals surface area (Å²) in [6.07, 6.45) is 1.07. The van der Waals surface area contributed by atoms with Crippen LogP contribution in [0, 0.1) is 5.92 Å². The maximum absolute atomic E-state index is 14.0. The monoisotopic (exact) mass is 542 g/mol. The Labute approximate surface area is 241 Å². The third-order valence-corrected chi connectivity index (χ3v) is 7.92. The summed E-state index contributed by atoms with van der Waals surface area (Å²) < 4.78 is 11.3. The van der Waals surface area contributed by atoms with Gasteiger partial charge in [0.25, 0.3) is 0 Å². The SMILES string of the molecule is COc1ccc(OC(=O)c2c(C(C)(C)C)cc(N(c3ccccc3)C3CCN(C)CC3C)cc2C(C)(C)C)cc1. The van der Waals surface area contributed by atoms with Gasteiger partial charge in [0.05, 0.1) is 12.7 Å². The zero-order valence-corrected chi connectivity index (χ0v) is 25.7. The molecule has 1 fully saturated rings. The zero-order valence-electron chi connectivity index (χ0n) is 25.7. The maximum atomic E-state index is 14.0. The average Bonchev–Trinajstić information content (AvgIpc) is 2.89. The highest BCUT2D eigenvalue weighted by molar-refractivity contribution is 5.96. The number of hydrogen-bond donors (Lipinski definition) is 0. The van der Waals surface area contributed by atoms with Crippen molar-refractivity contribution in [2.45, 2.75) is 71.8 Å². The van der Waals surface area contributed by atoms with Crippen LogP contribution in [0.4, 0.5) is 11.4 Å². The molecule has 1 aliphatic heterocycles. The minimum atomic E-state index is -0.328. The normalized spacial score (nSPS) is 18.3. The summed E-state index contributed by atoms with van der Waals surface area (Å²) in [5, 5.41) is 0. The lowest BCUT2D eigenvalue weighted by atomic mass is 9.75. The molecule has 0 amide bonds. The predicted octanol–water partition coefficient (Wildman–Crippen LogP) is 7.99. The number of hydrogen-bond acceptors (Lipinski definition) is 5. The van der Waals surface area contributed by atoms with Crippen molar-refractivity contribution in [1.82, 2.24) is 4.90 Å². The van der Waals surface area contributed by atoms with Crippen molar-refractivity contribution in [2.24, 2.45) is 5.92 Å². The lowest BCUT2D eigenvalue weighted by molar-refractivity contribution is 0.0729. The zero-order chi connectivity index (χ0) is 29.2. The Morgan fingerprint density at radius 2 is 1.40 bits per heavy atom. The molecule has 0 saturated carbocycles. The van der Waals surface area contributed by atoms with E-state index in [9.17, 15) is 4.79 Å². The van der Waals surface area contributed by atoms with Gasteiger partial charge in [-0.3, -0.25) is 0 Å². The minimum Gasteiger partial charge on any atom is -0.497 e. The van der Waals surface area contributed by atoms with E-state index in [0.29, 0.717) is 23.3 Å². The highest BCUT2D eigenvalue weighted by Crippen LogP contribution is 2.42. The number of para-hydroxylation sites is 1. The van der Waals surface area contributed by atoms with E-state index < -0.39 is 0 Å². The Balaban J connectivity index is 1.90. The summed E-state index contributed by atoms with van der Waals surface area (Å²) in [6, 6.07) is 22.7. The molecule has 1 saturated heterocycles. The fourth-order valence-electron chi connectivity index (χ4n) is 5.82. The van der Waals surface area contributed by atoms with E-state index in [0.717, 1.165) is 42.1 Å². The van der Waals surface area contributed by atoms with Gasteiger partial charge in [0, 0.05) is 24.0 Å². The number of anilines is 2. The Morgan fingerprint density at radius 3 is 1.90 bits per heavy atom. The molecular weight excluding hydrogens is 496 g/mol. The van der Waals surface area contributed by atoms with Crippen molar-refractivity contribution < 1.29 is 14.3 Å². The number of methoxy groups -OCH3 is 1. The molecule has 5 nitrogen and oxygen atoms in total. The predicted molar refractivity (Wildman–Crippen MR) is 165 cm³/mol. The summed E-state index contributed by atoms with van der Waals surface area (Å²) in [5.41, 5.74) is 4.38. The fraction of sp³-hybridized carbons (Fsp3) is 0.457. The first-order valence-electron chi connectivity index (χ1n) is 14.4. The number of carbonyl (C=O) groups excluding carboxylic acids is 1. The molecule has 40 heavy (non-hydrogen) atoms. The number of nitrogens with zero attached hydrogens (tertiary/aromatic N) is 2. The van der Waals surface area contributed by atoms with Crippen LogP contribution in [0.3, 0.4) is 0 Å². The number of likely N-dealkylation sites (tertiary alicyclic amines) is 1. The van der Waals surface area contributed by atoms with E-state index in [4.69, 9.17) is 9.47 Å². The van der Waals surface area contributed by atoms with Crippen LogP contribution < -0.4 is 14.4 Å². The molecule has 5 heteroatoms. The van der Waals surface area contributed by atoms with E-state index in [1.807, 2.05) is 12.1 Å². The van der Waals surface area contributed by atoms with Crippen molar-refractivity contribution >= 4 is 17.3 Å². The molecule has 3 aromatic carbocycles. The second kappa shape index (κ2) is 11.7. The van der Waals surface area contributed by atoms with Gasteiger partial charge >= 0.3 is 5.97 Å². The van der Waals surface area contributed by atoms with Crippen molar-refractivity contribution in [3.63, 3.8) is 0 Å². The molecule has 0 aromatic heterocycles. The van der Waals surface area contributed by atoms with Crippen LogP contribution in [0.15, 0.2) is 66.7 Å². The van der Waals surface area contributed by atoms with Gasteiger partial charge in [0.15, 0.2) is 0 Å². The smallest absolute Gasteiger partial charge is 0.344 e. The Morgan fingerprint density at radius 1 is 0.850 bits per heavy atom. The van der Waals surface area contributed by atoms with Crippen LogP contribution in [0.25, 0.3) is 0 Å². The first-order chi connectivity index (χ1) is 18.8. The molecular formula is C35H46N2O3. The Kier molecular flexibility index (Phi) is 8.65. The molecule has 214 valence electrons. The van der Waals surface area contributed by atoms with Gasteiger partial charge in [-0.1, -0.05) is 66.7 Å². The molecule has 0 radical (unpaired) electrons. The summed E-state index contributed by atoms with van der Waals surface area (Å²) in [5.74, 6) is 1.38. The van der Waals surface area contributed by atoms with Gasteiger partial charge in [0.1, 0.15) is 11.5 Å². The number of benzene rings is 3. The fourth-order valence-corrected chi connectivity index (χ4v) is 5.82. The molecule has 1 heterocycles. The van der Waals surface area contributed by atoms with E-state index in [1.165, 1.54) is 5.69 Å². The third kappa shape index (κ3) is 6.52. The van der Waals surface area contributed by atoms with Gasteiger partial charge < -0.3 is 19.3 Å². The summed E-state index contributed by atoms with van der Waals surface area (Å²) in [7, 11) is 3.83. The van der Waals surface area contributed by atoms with Crippen LogP contribution in [0.5, 0.6) is 11.5 Å². The second-order valence-electron chi connectivity index (χ2n) is 13.3. The topological polar surface area (TPSA) is 42.0 Å². The molecule has 0 N–H and O–H groups in total. The molecule has 0 bridgehead atoms. The van der Waals surface area contributed by atoms with Crippen molar-refractivity contribution in [2.75, 3.05) is 32.1 Å². The van der Waals surface area contributed by atoms with Crippen LogP contribution in [0.2, 0.25) is 0 Å². The average molecular weight is 543 g/mol. The molecule has 2 atom stereocenters. The van der Waals surface area contributed by atoms with Crippen LogP contribution >= 0.6 is 0 Å². The lowest BCUT2D eigenvalue weighted by Crippen LogP contribution is -2.47. The number of carbonyl (C=O) groups is 1. The van der Waals surface area contributed by atoms with E-state index >= 15 is 0 Å². The summed E-state index contributed by atoms with van der Waals surface area (Å²) >= 11 is 0. The van der Waals surface area contributed by atoms with Gasteiger partial charge in [-0.25, -0.2) is 4.79 Å². The highest BCUT2D eigenvalue weighted by atomic mass is 16.5. The van der Waals surface area contributed by atoms with Crippen LogP contribution in [0.1, 0.15) is 76.4 Å². The molecule has 1 aliphatic rings. The van der Waals surface area contributed by atoms with Gasteiger partial charge in [-0.15, -0.1) is 0 Å². The van der Waals surface area contributed by atoms with Gasteiger partial charge in [-0.05, 0) is 96.4 Å². The Bertz CT molecular complexity index is 1270. The van der Waals surface area contributed by atoms with Crippen molar-refractivity contribution in [3.8, 4) is 11.5 Å². The first kappa shape index (κ1) is 29.7. The molecule has 4 rings (SSSR count). The highest BCUT2D eigenvalue weighted by Gasteiger charge is 2.35. The Hall–Kier alpha value is -3.31. The molecule has 0 spiro atoms. The standard InChI is InChI=1S/C35H46N2O3/c1-24-23-36(8)20-19-31(24)37(25-13-11-10-12-14-25)26-21-29(34(2,3)4)32(30(22-26)35(5,6)7)33(38)40-28-17-15-27(39-9)16-18-28/h10-18,21-22,24,31H,19-20,23H2,1-9H3. The number of ether oxygens (including phenoxy) is 2. The van der Waals surface area contributed by atoms with E-state index in [2.05, 4.69) is 108 Å². The maximum Gasteiger partial charge on any atom is 0.344 e. The van der Waals surface area contributed by atoms with Gasteiger partial charge in [0.2, 0.25) is 0 Å². The van der Waals surface area contributed by atoms with Crippen LogP contribution in [-0.2, 0) is 10.8 Å². The van der Waals surface area contributed by atoms with E-state index in [-0.39, 0.29) is 16.8 Å². The second-order valence-corrected chi connectivity index (χ2v) is 13.3. The van der Waals surface area contributed by atoms with Crippen molar-refractivity contribution in [3.05, 3.63) is 83.4 Å². The minimum absolute atomic E-state index is 0.287. The lowest BCUT2D eigenvalue weighted by Gasteiger charge is -2.44. The summed E-state index contributed by atoms with van der Waals surface area (Å²) in [4.78, 5) is 18.9. The number of piperidine rings is 1. The van der Waals surface area contributed by atoms with Crippen molar-refractivity contribution in [1.29, 1.82) is 0 Å². The number of esters is 1. The quantitative estimate of drug-likeness (QED) is 0.233. The molecule has 3 aromatic rings. The van der Waals surface area contributed by atoms with Crippen LogP contribution in [-0.4, -0.2) is 44.2 Å². The number of rotatable bonds is 6. The molecule has 2 unspecified atom stereocenters. The van der Waals surface area contributed by atoms with Gasteiger partial charge in [-0.2, -0.15) is 0 Å². The molecule has 0 aliphatic carbocycles. The largest absolute Gasteiger partial charge is 0.497 e. The summed E-state index contributed by atoms with van der Waals surface area (Å²) in [6.45, 7) is 17.5. The van der Waals surface area contributed by atoms with E-state index in [1.54, 1.807) is 19.2 Å².